The lowest BCUT2D eigenvalue weighted by Crippen LogP contribution is -2.27. The molecule has 0 bridgehead atoms. The van der Waals surface area contributed by atoms with Crippen LogP contribution in [0.3, 0.4) is 0 Å². The number of fused-ring (bicyclic) bond motifs is 13. The number of hydrogen-bond acceptors (Lipinski definition) is 3. The highest BCUT2D eigenvalue weighted by molar-refractivity contribution is 6.10. The van der Waals surface area contributed by atoms with E-state index in [9.17, 15) is 0 Å². The van der Waals surface area contributed by atoms with E-state index in [1.807, 2.05) is 36.4 Å². The lowest BCUT2D eigenvalue weighted by molar-refractivity contribution is 0.473. The fraction of sp³-hybridized carbons (Fsp3) is 0.0448. The second-order valence-corrected chi connectivity index (χ2v) is 18.8. The van der Waals surface area contributed by atoms with Gasteiger partial charge in [0.05, 0.1) is 27.8 Å². The number of nitrogens with zero attached hydrogens (tertiary/aromatic N) is 3. The third kappa shape index (κ3) is 6.20. The first-order valence-electron chi connectivity index (χ1n) is 24.2. The van der Waals surface area contributed by atoms with Crippen LogP contribution in [0.1, 0.15) is 33.4 Å². The molecular formula is C67H43N3O. The maximum absolute atomic E-state index is 6.79. The molecule has 1 spiro atoms. The summed E-state index contributed by atoms with van der Waals surface area (Å²) in [6.07, 6.45) is 0. The number of para-hydroxylation sites is 2. The van der Waals surface area contributed by atoms with E-state index in [2.05, 4.69) is 219 Å². The highest BCUT2D eigenvalue weighted by Crippen LogP contribution is 2.64. The molecule has 0 radical (unpaired) electrons. The summed E-state index contributed by atoms with van der Waals surface area (Å²) in [5.74, 6) is 2.42. The van der Waals surface area contributed by atoms with Crippen molar-refractivity contribution in [1.82, 2.24) is 14.5 Å². The van der Waals surface area contributed by atoms with E-state index in [0.717, 1.165) is 84.1 Å². The van der Waals surface area contributed by atoms with Crippen LogP contribution in [0.2, 0.25) is 0 Å². The van der Waals surface area contributed by atoms with E-state index < -0.39 is 5.41 Å². The Morgan fingerprint density at radius 1 is 0.451 bits per heavy atom. The Hall–Kier alpha value is -9.30. The van der Waals surface area contributed by atoms with Crippen LogP contribution in [-0.2, 0) is 5.41 Å². The van der Waals surface area contributed by atoms with E-state index in [-0.39, 0.29) is 0 Å². The fourth-order valence-electron chi connectivity index (χ4n) is 11.6. The average molecular weight is 906 g/mol. The zero-order chi connectivity index (χ0) is 47.2. The van der Waals surface area contributed by atoms with Gasteiger partial charge in [0.25, 0.3) is 0 Å². The number of ether oxygens (including phenoxy) is 1. The van der Waals surface area contributed by atoms with Gasteiger partial charge in [0, 0.05) is 38.7 Å². The Kier molecular flexibility index (Phi) is 9.12. The van der Waals surface area contributed by atoms with Crippen molar-refractivity contribution >= 4 is 21.8 Å². The van der Waals surface area contributed by atoms with Crippen LogP contribution in [0.15, 0.2) is 224 Å². The van der Waals surface area contributed by atoms with E-state index in [0.29, 0.717) is 5.82 Å². The van der Waals surface area contributed by atoms with Gasteiger partial charge in [0.15, 0.2) is 5.82 Å². The van der Waals surface area contributed by atoms with E-state index in [4.69, 9.17) is 14.7 Å². The molecule has 0 saturated carbocycles. The summed E-state index contributed by atoms with van der Waals surface area (Å²) in [5, 5.41) is 2.40. The molecule has 2 aliphatic carbocycles. The van der Waals surface area contributed by atoms with Gasteiger partial charge < -0.3 is 9.30 Å². The molecule has 0 saturated heterocycles. The molecule has 4 heteroatoms. The number of aromatic nitrogens is 3. The van der Waals surface area contributed by atoms with E-state index in [1.54, 1.807) is 0 Å². The van der Waals surface area contributed by atoms with Crippen molar-refractivity contribution in [2.45, 2.75) is 19.3 Å². The first-order chi connectivity index (χ1) is 35.0. The summed E-state index contributed by atoms with van der Waals surface area (Å²) in [7, 11) is 0. The second-order valence-electron chi connectivity index (χ2n) is 18.8. The third-order valence-electron chi connectivity index (χ3n) is 14.9. The standard InChI is InChI=1S/C67H43N3O/c1-42-17-9-16-28-63(42)71-64-38-36-54-52-35-31-48(40-58(52)67(65(54)43(64)2)56-25-13-10-22-50(56)51-23-11-14-26-57(51)67)47-32-37-62-55(39-47)53-24-12-15-27-61(53)70(62)49-33-29-45(30-34-49)60-41-59(44-18-5-3-6-19-44)68-66(69-60)46-20-7-4-8-21-46/h3-13,15-25,27-41H,1-2H3. The summed E-state index contributed by atoms with van der Waals surface area (Å²) < 4.78 is 9.17. The van der Waals surface area contributed by atoms with Gasteiger partial charge in [-0.25, -0.2) is 9.97 Å². The van der Waals surface area contributed by atoms with Gasteiger partial charge in [-0.15, -0.1) is 0 Å². The first kappa shape index (κ1) is 40.7. The summed E-state index contributed by atoms with van der Waals surface area (Å²) in [6, 6.07) is 87.1. The molecular weight excluding hydrogens is 863 g/mol. The van der Waals surface area contributed by atoms with Gasteiger partial charge in [-0.3, -0.25) is 0 Å². The third-order valence-corrected chi connectivity index (χ3v) is 14.9. The molecule has 12 aromatic rings. The Labute approximate surface area is 412 Å². The van der Waals surface area contributed by atoms with Crippen LogP contribution in [0.5, 0.6) is 11.5 Å². The molecule has 0 aliphatic heterocycles. The molecule has 0 amide bonds. The summed E-state index contributed by atoms with van der Waals surface area (Å²) in [4.78, 5) is 10.1. The molecule has 1 atom stereocenters. The topological polar surface area (TPSA) is 39.9 Å². The molecule has 1 unspecified atom stereocenters. The zero-order valence-electron chi connectivity index (χ0n) is 39.1. The van der Waals surface area contributed by atoms with Gasteiger partial charge >= 0.3 is 0 Å². The molecule has 0 fully saturated rings. The number of rotatable bonds is 7. The number of aryl methyl sites for hydroxylation is 1. The van der Waals surface area contributed by atoms with Crippen molar-refractivity contribution in [2.24, 2.45) is 0 Å². The van der Waals surface area contributed by atoms with Crippen LogP contribution in [0.25, 0.3) is 94.8 Å². The molecule has 4 nitrogen and oxygen atoms in total. The lowest BCUT2D eigenvalue weighted by atomic mass is 9.69. The van der Waals surface area contributed by atoms with Crippen LogP contribution >= 0.6 is 0 Å². The van der Waals surface area contributed by atoms with Crippen LogP contribution < -0.4 is 4.74 Å². The van der Waals surface area contributed by atoms with E-state index >= 15 is 0 Å². The van der Waals surface area contributed by atoms with Crippen LogP contribution in [0, 0.1) is 26.0 Å². The minimum absolute atomic E-state index is 0.621. The van der Waals surface area contributed by atoms with Crippen molar-refractivity contribution < 1.29 is 4.74 Å². The van der Waals surface area contributed by atoms with Crippen molar-refractivity contribution in [2.75, 3.05) is 0 Å². The average Bonchev–Trinajstić information content (AvgIpc) is 4.05. The maximum atomic E-state index is 6.79. The van der Waals surface area contributed by atoms with Crippen molar-refractivity contribution in [3.05, 3.63) is 270 Å². The SMILES string of the molecule is Cc1ccccc1Oc1ccc2c(c1C)C1(c3c#cccc3-c3ccccc31)c1cc(-c3ccc4c(c3)c3ccccc3n4-c3ccc(-c4cc(-c5ccccc5)nc(-c5ccccc5)n4)cc3)ccc1-2. The van der Waals surface area contributed by atoms with Gasteiger partial charge in [0.1, 0.15) is 11.5 Å². The highest BCUT2D eigenvalue weighted by Gasteiger charge is 2.53. The molecule has 332 valence electrons. The predicted octanol–water partition coefficient (Wildman–Crippen LogP) is 16.6. The molecule has 2 aromatic heterocycles. The Bertz CT molecular complexity index is 3990. The van der Waals surface area contributed by atoms with Gasteiger partial charge in [-0.05, 0) is 142 Å². The Morgan fingerprint density at radius 2 is 1.08 bits per heavy atom. The smallest absolute Gasteiger partial charge is 0.160 e. The van der Waals surface area contributed by atoms with Crippen LogP contribution in [0.4, 0.5) is 0 Å². The summed E-state index contributed by atoms with van der Waals surface area (Å²) in [6.45, 7) is 4.33. The zero-order valence-corrected chi connectivity index (χ0v) is 39.1. The monoisotopic (exact) mass is 905 g/mol. The number of hydrogen-bond donors (Lipinski definition) is 0. The van der Waals surface area contributed by atoms with Crippen LogP contribution in [-0.4, -0.2) is 14.5 Å². The highest BCUT2D eigenvalue weighted by atomic mass is 16.5. The summed E-state index contributed by atoms with van der Waals surface area (Å²) >= 11 is 0. The van der Waals surface area contributed by atoms with Gasteiger partial charge in [0.2, 0.25) is 0 Å². The molecule has 14 rings (SSSR count). The molecule has 71 heavy (non-hydrogen) atoms. The first-order valence-corrected chi connectivity index (χ1v) is 24.2. The lowest BCUT2D eigenvalue weighted by Gasteiger charge is -2.31. The Balaban J connectivity index is 0.893. The van der Waals surface area contributed by atoms with Gasteiger partial charge in [-0.1, -0.05) is 170 Å². The van der Waals surface area contributed by atoms with E-state index in [1.165, 1.54) is 49.7 Å². The second kappa shape index (κ2) is 15.9. The number of benzene rings is 9. The fourth-order valence-corrected chi connectivity index (χ4v) is 11.6. The minimum atomic E-state index is -0.621. The minimum Gasteiger partial charge on any atom is -0.457 e. The molecule has 2 heterocycles. The quantitative estimate of drug-likeness (QED) is 0.160. The predicted molar refractivity (Wildman–Crippen MR) is 288 cm³/mol. The normalized spacial score (nSPS) is 12.6. The molecule has 10 aromatic carbocycles. The maximum Gasteiger partial charge on any atom is 0.160 e. The van der Waals surface area contributed by atoms with Crippen molar-refractivity contribution in [3.8, 4) is 84.5 Å². The van der Waals surface area contributed by atoms with Crippen molar-refractivity contribution in [3.63, 3.8) is 0 Å². The summed E-state index contributed by atoms with van der Waals surface area (Å²) in [5.41, 5.74) is 21.9. The Morgan fingerprint density at radius 3 is 1.90 bits per heavy atom. The largest absolute Gasteiger partial charge is 0.457 e. The van der Waals surface area contributed by atoms with Crippen molar-refractivity contribution in [1.29, 1.82) is 0 Å². The van der Waals surface area contributed by atoms with Gasteiger partial charge in [-0.2, -0.15) is 0 Å². The molecule has 0 N–H and O–H groups in total. The molecule has 2 aliphatic rings.